The molecular formula is C11H12F3N3OS. The van der Waals surface area contributed by atoms with Gasteiger partial charge in [-0.2, -0.15) is 13.2 Å². The van der Waals surface area contributed by atoms with Crippen LogP contribution in [0.1, 0.15) is 18.1 Å². The number of nitrogens with two attached hydrogens (primary N) is 2. The summed E-state index contributed by atoms with van der Waals surface area (Å²) in [5, 5.41) is 2.66. The van der Waals surface area contributed by atoms with Crippen molar-refractivity contribution in [1.82, 2.24) is 0 Å². The quantitative estimate of drug-likeness (QED) is 0.736. The highest BCUT2D eigenvalue weighted by molar-refractivity contribution is 7.80. The Kier molecular flexibility index (Phi) is 4.35. The van der Waals surface area contributed by atoms with Gasteiger partial charge in [0.15, 0.2) is 0 Å². The molecule has 0 radical (unpaired) electrons. The van der Waals surface area contributed by atoms with Crippen LogP contribution >= 0.6 is 12.2 Å². The molecule has 5 N–H and O–H groups in total. The summed E-state index contributed by atoms with van der Waals surface area (Å²) in [7, 11) is 0. The van der Waals surface area contributed by atoms with E-state index in [1.165, 1.54) is 6.92 Å². The first-order valence-corrected chi connectivity index (χ1v) is 5.60. The number of hydrogen-bond acceptors (Lipinski definition) is 3. The molecule has 0 aliphatic heterocycles. The van der Waals surface area contributed by atoms with Crippen LogP contribution in [0.2, 0.25) is 0 Å². The van der Waals surface area contributed by atoms with Crippen LogP contribution in [-0.4, -0.2) is 16.9 Å². The molecule has 0 saturated carbocycles. The van der Waals surface area contributed by atoms with Crippen molar-refractivity contribution in [2.75, 3.05) is 5.32 Å². The lowest BCUT2D eigenvalue weighted by atomic mass is 10.1. The maximum Gasteiger partial charge on any atom is 0.416 e. The number of carbonyl (C=O) groups is 1. The molecule has 19 heavy (non-hydrogen) atoms. The smallest absolute Gasteiger partial charge is 0.389 e. The van der Waals surface area contributed by atoms with Gasteiger partial charge < -0.3 is 16.8 Å². The summed E-state index contributed by atoms with van der Waals surface area (Å²) < 4.78 is 37.7. The summed E-state index contributed by atoms with van der Waals surface area (Å²) in [4.78, 5) is 10.7. The van der Waals surface area contributed by atoms with Crippen LogP contribution in [0.25, 0.3) is 0 Å². The lowest BCUT2D eigenvalue weighted by molar-refractivity contribution is -0.137. The van der Waals surface area contributed by atoms with Gasteiger partial charge in [-0.1, -0.05) is 12.2 Å². The van der Waals surface area contributed by atoms with Crippen molar-refractivity contribution < 1.29 is 18.0 Å². The third-order valence-electron chi connectivity index (χ3n) is 2.41. The zero-order valence-electron chi connectivity index (χ0n) is 9.91. The van der Waals surface area contributed by atoms with Gasteiger partial charge in [0, 0.05) is 11.3 Å². The van der Waals surface area contributed by atoms with E-state index in [1.807, 2.05) is 0 Å². The molecule has 1 amide bonds. The largest absolute Gasteiger partial charge is 0.416 e. The predicted octanol–water partition coefficient (Wildman–Crippen LogP) is 1.63. The van der Waals surface area contributed by atoms with Gasteiger partial charge in [0.25, 0.3) is 0 Å². The summed E-state index contributed by atoms with van der Waals surface area (Å²) in [5.41, 5.74) is 9.82. The molecule has 0 saturated heterocycles. The van der Waals surface area contributed by atoms with E-state index in [-0.39, 0.29) is 16.2 Å². The maximum absolute atomic E-state index is 12.6. The Labute approximate surface area is 113 Å². The van der Waals surface area contributed by atoms with Crippen molar-refractivity contribution in [1.29, 1.82) is 0 Å². The molecule has 0 bridgehead atoms. The number of benzene rings is 1. The van der Waals surface area contributed by atoms with Gasteiger partial charge in [0.2, 0.25) is 5.91 Å². The number of alkyl halides is 3. The van der Waals surface area contributed by atoms with E-state index in [0.717, 1.165) is 18.2 Å². The third kappa shape index (κ3) is 3.82. The van der Waals surface area contributed by atoms with Crippen LogP contribution in [0.4, 0.5) is 18.9 Å². The van der Waals surface area contributed by atoms with Gasteiger partial charge in [-0.25, -0.2) is 0 Å². The fraction of sp³-hybridized carbons (Fsp3) is 0.273. The lowest BCUT2D eigenvalue weighted by Crippen LogP contribution is -2.33. The number of carbonyl (C=O) groups excluding carboxylic acids is 1. The zero-order chi connectivity index (χ0) is 14.8. The van der Waals surface area contributed by atoms with Crippen LogP contribution in [0.15, 0.2) is 18.2 Å². The van der Waals surface area contributed by atoms with Gasteiger partial charge in [-0.05, 0) is 25.1 Å². The molecular weight excluding hydrogens is 279 g/mol. The molecule has 1 rings (SSSR count). The van der Waals surface area contributed by atoms with E-state index >= 15 is 0 Å². The average molecular weight is 291 g/mol. The van der Waals surface area contributed by atoms with Crippen LogP contribution in [0.3, 0.4) is 0 Å². The highest BCUT2D eigenvalue weighted by atomic mass is 32.1. The van der Waals surface area contributed by atoms with E-state index in [0.29, 0.717) is 0 Å². The SMILES string of the molecule is CC(Nc1ccc(C(F)(F)F)cc1C(N)=S)C(N)=O. The minimum atomic E-state index is -4.49. The highest BCUT2D eigenvalue weighted by Gasteiger charge is 2.31. The third-order valence-corrected chi connectivity index (χ3v) is 2.63. The van der Waals surface area contributed by atoms with E-state index in [2.05, 4.69) is 5.32 Å². The van der Waals surface area contributed by atoms with Crippen molar-refractivity contribution >= 4 is 28.8 Å². The van der Waals surface area contributed by atoms with Crippen LogP contribution in [0, 0.1) is 0 Å². The Morgan fingerprint density at radius 1 is 1.37 bits per heavy atom. The monoisotopic (exact) mass is 291 g/mol. The lowest BCUT2D eigenvalue weighted by Gasteiger charge is -2.17. The Hall–Kier alpha value is -1.83. The number of amides is 1. The summed E-state index contributed by atoms with van der Waals surface area (Å²) in [6.07, 6.45) is -4.49. The summed E-state index contributed by atoms with van der Waals surface area (Å²) in [5.74, 6) is -0.645. The molecule has 0 aromatic heterocycles. The number of rotatable bonds is 4. The molecule has 0 spiro atoms. The van der Waals surface area contributed by atoms with E-state index < -0.39 is 23.7 Å². The summed E-state index contributed by atoms with van der Waals surface area (Å²) >= 11 is 4.70. The topological polar surface area (TPSA) is 81.1 Å². The molecule has 0 heterocycles. The van der Waals surface area contributed by atoms with Crippen molar-refractivity contribution in [3.63, 3.8) is 0 Å². The van der Waals surface area contributed by atoms with Gasteiger partial charge in [-0.15, -0.1) is 0 Å². The van der Waals surface area contributed by atoms with Crippen molar-refractivity contribution in [3.8, 4) is 0 Å². The molecule has 8 heteroatoms. The fourth-order valence-electron chi connectivity index (χ4n) is 1.35. The second kappa shape index (κ2) is 5.43. The molecule has 1 aromatic rings. The van der Waals surface area contributed by atoms with E-state index in [9.17, 15) is 18.0 Å². The second-order valence-electron chi connectivity index (χ2n) is 3.89. The Morgan fingerprint density at radius 2 is 1.95 bits per heavy atom. The minimum absolute atomic E-state index is 0.0120. The van der Waals surface area contributed by atoms with Gasteiger partial charge >= 0.3 is 6.18 Å². The number of nitrogens with one attached hydrogen (secondary N) is 1. The van der Waals surface area contributed by atoms with Gasteiger partial charge in [0.1, 0.15) is 11.0 Å². The standard InChI is InChI=1S/C11H12F3N3OS/c1-5(9(15)18)17-8-3-2-6(11(12,13)14)4-7(8)10(16)19/h2-5,17H,1H3,(H2,15,18)(H2,16,19). The fourth-order valence-corrected chi connectivity index (χ4v) is 1.52. The molecule has 0 aliphatic carbocycles. The summed E-state index contributed by atoms with van der Waals surface area (Å²) in [6.45, 7) is 1.48. The van der Waals surface area contributed by atoms with Crippen molar-refractivity contribution in [2.45, 2.75) is 19.1 Å². The molecule has 1 aromatic carbocycles. The first kappa shape index (κ1) is 15.2. The second-order valence-corrected chi connectivity index (χ2v) is 4.33. The minimum Gasteiger partial charge on any atom is -0.389 e. The van der Waals surface area contributed by atoms with Crippen LogP contribution < -0.4 is 16.8 Å². The first-order valence-electron chi connectivity index (χ1n) is 5.20. The Balaban J connectivity index is 3.19. The van der Waals surface area contributed by atoms with E-state index in [4.69, 9.17) is 23.7 Å². The average Bonchev–Trinajstić information content (AvgIpc) is 2.27. The van der Waals surface area contributed by atoms with Crippen molar-refractivity contribution in [2.24, 2.45) is 11.5 Å². The maximum atomic E-state index is 12.6. The molecule has 1 atom stereocenters. The molecule has 0 fully saturated rings. The molecule has 1 unspecified atom stereocenters. The van der Waals surface area contributed by atoms with Gasteiger partial charge in [0.05, 0.1) is 5.56 Å². The Bertz CT molecular complexity index is 516. The molecule has 4 nitrogen and oxygen atoms in total. The van der Waals surface area contributed by atoms with Crippen molar-refractivity contribution in [3.05, 3.63) is 29.3 Å². The van der Waals surface area contributed by atoms with E-state index in [1.54, 1.807) is 0 Å². The normalized spacial score (nSPS) is 12.8. The molecule has 0 aliphatic rings. The number of primary amides is 1. The Morgan fingerprint density at radius 3 is 2.37 bits per heavy atom. The number of halogens is 3. The van der Waals surface area contributed by atoms with Crippen LogP contribution in [-0.2, 0) is 11.0 Å². The first-order chi connectivity index (χ1) is 8.62. The number of thiocarbonyl (C=S) groups is 1. The van der Waals surface area contributed by atoms with Gasteiger partial charge in [-0.3, -0.25) is 4.79 Å². The zero-order valence-corrected chi connectivity index (χ0v) is 10.7. The number of hydrogen-bond donors (Lipinski definition) is 3. The molecule has 104 valence electrons. The predicted molar refractivity (Wildman–Crippen MR) is 69.6 cm³/mol. The van der Waals surface area contributed by atoms with Crippen LogP contribution in [0.5, 0.6) is 0 Å². The highest BCUT2D eigenvalue weighted by Crippen LogP contribution is 2.32. The number of anilines is 1. The summed E-state index contributed by atoms with van der Waals surface area (Å²) in [6, 6.07) is 2.11.